The highest BCUT2D eigenvalue weighted by Gasteiger charge is 2.11. The molecule has 7 heteroatoms. The molecule has 3 aromatic heterocycles. The Morgan fingerprint density at radius 3 is 2.61 bits per heavy atom. The molecule has 0 bridgehead atoms. The number of hydrogen-bond acceptors (Lipinski definition) is 6. The average molecular weight is 391 g/mol. The fraction of sp³-hybridized carbons (Fsp3) is 0.143. The predicted octanol–water partition coefficient (Wildman–Crippen LogP) is 3.79. The van der Waals surface area contributed by atoms with Crippen molar-refractivity contribution >= 4 is 23.0 Å². The number of carbonyl (C=O) groups excluding carboxylic acids is 1. The van der Waals surface area contributed by atoms with Crippen LogP contribution < -0.4 is 5.56 Å². The molecule has 28 heavy (non-hydrogen) atoms. The van der Waals surface area contributed by atoms with Gasteiger partial charge in [-0.2, -0.15) is 0 Å². The van der Waals surface area contributed by atoms with E-state index in [9.17, 15) is 9.59 Å². The second kappa shape index (κ2) is 7.36. The smallest absolute Gasteiger partial charge is 0.338 e. The largest absolute Gasteiger partial charge is 0.456 e. The summed E-state index contributed by atoms with van der Waals surface area (Å²) in [5.41, 5.74) is 4.05. The van der Waals surface area contributed by atoms with Crippen molar-refractivity contribution in [2.45, 2.75) is 20.5 Å². The van der Waals surface area contributed by atoms with Crippen molar-refractivity contribution in [1.29, 1.82) is 0 Å². The van der Waals surface area contributed by atoms with Gasteiger partial charge in [0.25, 0.3) is 5.56 Å². The van der Waals surface area contributed by atoms with Gasteiger partial charge in [0.15, 0.2) is 0 Å². The molecule has 4 aromatic rings. The molecule has 0 spiro atoms. The van der Waals surface area contributed by atoms with Crippen LogP contribution in [0.2, 0.25) is 0 Å². The van der Waals surface area contributed by atoms with Crippen molar-refractivity contribution < 1.29 is 9.53 Å². The van der Waals surface area contributed by atoms with Crippen LogP contribution >= 0.6 is 11.3 Å². The number of carbonyl (C=O) groups is 1. The van der Waals surface area contributed by atoms with Gasteiger partial charge in [0.1, 0.15) is 17.3 Å². The molecule has 0 N–H and O–H groups in total. The van der Waals surface area contributed by atoms with Gasteiger partial charge >= 0.3 is 5.97 Å². The highest BCUT2D eigenvalue weighted by atomic mass is 32.1. The Kier molecular flexibility index (Phi) is 4.75. The Balaban J connectivity index is 1.47. The van der Waals surface area contributed by atoms with Gasteiger partial charge in [0.05, 0.1) is 11.3 Å². The summed E-state index contributed by atoms with van der Waals surface area (Å²) in [6, 6.07) is 12.1. The minimum atomic E-state index is -0.465. The first kappa shape index (κ1) is 18.1. The molecule has 4 rings (SSSR count). The normalized spacial score (nSPS) is 10.9. The van der Waals surface area contributed by atoms with Gasteiger partial charge in [-0.15, -0.1) is 11.3 Å². The lowest BCUT2D eigenvalue weighted by atomic mass is 10.1. The summed E-state index contributed by atoms with van der Waals surface area (Å²) in [6.45, 7) is 3.79. The van der Waals surface area contributed by atoms with Gasteiger partial charge in [-0.1, -0.05) is 18.2 Å². The number of aryl methyl sites for hydroxylation is 2. The second-order valence-electron chi connectivity index (χ2n) is 6.47. The zero-order valence-electron chi connectivity index (χ0n) is 15.4. The van der Waals surface area contributed by atoms with Gasteiger partial charge in [0, 0.05) is 28.9 Å². The minimum Gasteiger partial charge on any atom is -0.456 e. The third kappa shape index (κ3) is 3.70. The van der Waals surface area contributed by atoms with Gasteiger partial charge < -0.3 is 4.74 Å². The Bertz CT molecular complexity index is 1230. The zero-order chi connectivity index (χ0) is 19.7. The highest BCUT2D eigenvalue weighted by Crippen LogP contribution is 2.23. The van der Waals surface area contributed by atoms with Gasteiger partial charge in [-0.25, -0.2) is 14.8 Å². The van der Waals surface area contributed by atoms with Crippen LogP contribution in [0.4, 0.5) is 0 Å². The average Bonchev–Trinajstić information content (AvgIpc) is 3.13. The molecule has 0 saturated carbocycles. The number of ether oxygens (including phenoxy) is 1. The fourth-order valence-corrected chi connectivity index (χ4v) is 3.59. The zero-order valence-corrected chi connectivity index (χ0v) is 16.2. The van der Waals surface area contributed by atoms with E-state index < -0.39 is 5.97 Å². The van der Waals surface area contributed by atoms with E-state index in [0.29, 0.717) is 16.9 Å². The molecule has 0 radical (unpaired) electrons. The number of aromatic nitrogens is 3. The molecule has 0 aliphatic carbocycles. The molecule has 140 valence electrons. The van der Waals surface area contributed by atoms with Crippen LogP contribution in [0.1, 0.15) is 27.3 Å². The molecule has 0 fully saturated rings. The topological polar surface area (TPSA) is 73.6 Å². The van der Waals surface area contributed by atoms with E-state index in [0.717, 1.165) is 21.8 Å². The summed E-state index contributed by atoms with van der Waals surface area (Å²) in [7, 11) is 0. The highest BCUT2D eigenvalue weighted by molar-refractivity contribution is 7.13. The SMILES string of the molecule is Cc1ccc2nc(COC(=O)c3ccc(-c4nc(C)cs4)cc3)cc(=O)n2c1. The molecule has 1 aromatic carbocycles. The van der Waals surface area contributed by atoms with Crippen LogP contribution in [0.3, 0.4) is 0 Å². The maximum absolute atomic E-state index is 12.3. The van der Waals surface area contributed by atoms with E-state index in [1.165, 1.54) is 10.5 Å². The first-order valence-corrected chi connectivity index (χ1v) is 9.56. The standard InChI is InChI=1S/C21H17N3O3S/c1-13-3-8-18-23-17(9-19(25)24(18)10-13)11-27-21(26)16-6-4-15(5-7-16)20-22-14(2)12-28-20/h3-10,12H,11H2,1-2H3. The number of pyridine rings is 1. The number of fused-ring (bicyclic) bond motifs is 1. The summed E-state index contributed by atoms with van der Waals surface area (Å²) in [6.07, 6.45) is 1.73. The molecule has 0 amide bonds. The second-order valence-corrected chi connectivity index (χ2v) is 7.33. The lowest BCUT2D eigenvalue weighted by Gasteiger charge is -2.07. The Labute approximate surface area is 165 Å². The molecule has 6 nitrogen and oxygen atoms in total. The first-order valence-electron chi connectivity index (χ1n) is 8.68. The maximum atomic E-state index is 12.3. The van der Waals surface area contributed by atoms with Crippen LogP contribution in [0, 0.1) is 13.8 Å². The number of nitrogens with zero attached hydrogens (tertiary/aromatic N) is 3. The molecule has 0 atom stereocenters. The van der Waals surface area contributed by atoms with Crippen LogP contribution in [0.15, 0.2) is 58.8 Å². The van der Waals surface area contributed by atoms with Crippen LogP contribution in [0.5, 0.6) is 0 Å². The molecular formula is C21H17N3O3S. The third-order valence-corrected chi connectivity index (χ3v) is 5.21. The lowest BCUT2D eigenvalue weighted by Crippen LogP contribution is -2.16. The number of hydrogen-bond donors (Lipinski definition) is 0. The van der Waals surface area contributed by atoms with E-state index in [1.54, 1.807) is 35.7 Å². The number of thiazole rings is 1. The van der Waals surface area contributed by atoms with Crippen molar-refractivity contribution in [3.8, 4) is 10.6 Å². The Morgan fingerprint density at radius 2 is 1.89 bits per heavy atom. The van der Waals surface area contributed by atoms with Gasteiger partial charge in [-0.3, -0.25) is 9.20 Å². The fourth-order valence-electron chi connectivity index (χ4n) is 2.79. The summed E-state index contributed by atoms with van der Waals surface area (Å²) >= 11 is 1.56. The Morgan fingerprint density at radius 1 is 1.11 bits per heavy atom. The van der Waals surface area contributed by atoms with Crippen molar-refractivity contribution in [2.24, 2.45) is 0 Å². The van der Waals surface area contributed by atoms with Gasteiger partial charge in [-0.05, 0) is 37.6 Å². The van der Waals surface area contributed by atoms with Crippen LogP contribution in [-0.2, 0) is 11.3 Å². The molecule has 0 aliphatic heterocycles. The van der Waals surface area contributed by atoms with Gasteiger partial charge in [0.2, 0.25) is 0 Å². The molecule has 0 unspecified atom stereocenters. The third-order valence-electron chi connectivity index (χ3n) is 4.20. The summed E-state index contributed by atoms with van der Waals surface area (Å²) in [5, 5.41) is 2.89. The van der Waals surface area contributed by atoms with Crippen LogP contribution in [0.25, 0.3) is 16.2 Å². The molecule has 0 saturated heterocycles. The van der Waals surface area contributed by atoms with Crippen LogP contribution in [-0.4, -0.2) is 20.3 Å². The van der Waals surface area contributed by atoms with E-state index in [-0.39, 0.29) is 12.2 Å². The monoisotopic (exact) mass is 391 g/mol. The first-order chi connectivity index (χ1) is 13.5. The van der Waals surface area contributed by atoms with Crippen molar-refractivity contribution in [3.05, 3.63) is 86.9 Å². The van der Waals surface area contributed by atoms with Crippen molar-refractivity contribution in [3.63, 3.8) is 0 Å². The number of benzene rings is 1. The minimum absolute atomic E-state index is 0.0636. The molecule has 0 aliphatic rings. The van der Waals surface area contributed by atoms with E-state index in [4.69, 9.17) is 4.74 Å². The summed E-state index contributed by atoms with van der Waals surface area (Å²) in [5.74, 6) is -0.465. The Hall–Kier alpha value is -3.32. The quantitative estimate of drug-likeness (QED) is 0.495. The molecule has 3 heterocycles. The lowest BCUT2D eigenvalue weighted by molar-refractivity contribution is 0.0467. The summed E-state index contributed by atoms with van der Waals surface area (Å²) in [4.78, 5) is 33.3. The number of rotatable bonds is 4. The van der Waals surface area contributed by atoms with E-state index >= 15 is 0 Å². The number of esters is 1. The predicted molar refractivity (Wildman–Crippen MR) is 108 cm³/mol. The van der Waals surface area contributed by atoms with Crippen molar-refractivity contribution in [2.75, 3.05) is 0 Å². The van der Waals surface area contributed by atoms with E-state index in [1.807, 2.05) is 37.4 Å². The maximum Gasteiger partial charge on any atom is 0.338 e. The van der Waals surface area contributed by atoms with E-state index in [2.05, 4.69) is 9.97 Å². The molecular weight excluding hydrogens is 374 g/mol. The summed E-state index contributed by atoms with van der Waals surface area (Å²) < 4.78 is 6.80. The van der Waals surface area contributed by atoms with Crippen molar-refractivity contribution in [1.82, 2.24) is 14.4 Å².